The molecule has 8 nitrogen and oxygen atoms in total. The molecule has 0 aliphatic carbocycles. The number of halogens is 1. The van der Waals surface area contributed by atoms with Crippen LogP contribution in [0.1, 0.15) is 57.3 Å². The van der Waals surface area contributed by atoms with Crippen LogP contribution in [0.5, 0.6) is 11.5 Å². The van der Waals surface area contributed by atoms with Crippen LogP contribution in [-0.2, 0) is 0 Å². The number of hydrogen-bond acceptors (Lipinski definition) is 6. The van der Waals surface area contributed by atoms with E-state index in [0.717, 1.165) is 17.2 Å². The lowest BCUT2D eigenvalue weighted by Crippen LogP contribution is -2.62. The van der Waals surface area contributed by atoms with Crippen LogP contribution >= 0.6 is 0 Å². The van der Waals surface area contributed by atoms with E-state index in [1.807, 2.05) is 45.9 Å². The number of nitrogens with two attached hydrogens (primary N) is 1. The molecule has 1 unspecified atom stereocenters. The molecule has 0 spiro atoms. The molecule has 2 fully saturated rings. The normalized spacial score (nSPS) is 20.9. The summed E-state index contributed by atoms with van der Waals surface area (Å²) < 4.78 is 24.2. The Labute approximate surface area is 243 Å². The van der Waals surface area contributed by atoms with Gasteiger partial charge in [0.2, 0.25) is 5.43 Å². The quantitative estimate of drug-likeness (QED) is 0.284. The molecule has 3 aliphatic rings. The molecule has 4 heterocycles. The van der Waals surface area contributed by atoms with Crippen molar-refractivity contribution >= 4 is 33.3 Å². The number of carbonyl (C=O) groups is 1. The lowest BCUT2D eigenvalue weighted by Gasteiger charge is -2.46. The number of benzene rings is 3. The molecule has 1 atom stereocenters. The maximum absolute atomic E-state index is 16.0. The van der Waals surface area contributed by atoms with Gasteiger partial charge in [-0.15, -0.1) is 0 Å². The minimum Gasteiger partial charge on any atom is -0.451 e. The third-order valence-corrected chi connectivity index (χ3v) is 8.78. The summed E-state index contributed by atoms with van der Waals surface area (Å²) in [5, 5.41) is 8.80. The van der Waals surface area contributed by atoms with E-state index in [4.69, 9.17) is 10.5 Å². The van der Waals surface area contributed by atoms with Crippen molar-refractivity contribution in [1.82, 2.24) is 15.2 Å². The number of carbonyl (C=O) groups excluding carboxylic acids is 1. The minimum absolute atomic E-state index is 0.0288. The highest BCUT2D eigenvalue weighted by molar-refractivity contribution is 6.02. The van der Waals surface area contributed by atoms with Crippen LogP contribution in [0.3, 0.4) is 0 Å². The topological polar surface area (TPSA) is 102 Å². The second kappa shape index (κ2) is 9.28. The molecule has 42 heavy (non-hydrogen) atoms. The summed E-state index contributed by atoms with van der Waals surface area (Å²) in [6.07, 6.45) is 3.75. The summed E-state index contributed by atoms with van der Waals surface area (Å²) in [6.45, 7) is 9.50. The van der Waals surface area contributed by atoms with E-state index in [1.165, 1.54) is 6.07 Å². The number of nitrogens with one attached hydrogen (secondary N) is 2. The predicted octanol–water partition coefficient (Wildman–Crippen LogP) is 4.97. The van der Waals surface area contributed by atoms with Crippen molar-refractivity contribution in [3.05, 3.63) is 70.3 Å². The van der Waals surface area contributed by atoms with Crippen LogP contribution in [0.25, 0.3) is 27.4 Å². The van der Waals surface area contributed by atoms with E-state index in [0.29, 0.717) is 48.6 Å². The molecule has 4 N–H and O–H groups in total. The summed E-state index contributed by atoms with van der Waals surface area (Å²) in [4.78, 5) is 29.6. The van der Waals surface area contributed by atoms with Crippen molar-refractivity contribution < 1.29 is 13.9 Å². The maximum atomic E-state index is 16.0. The first kappa shape index (κ1) is 26.9. The molecule has 3 aromatic carbocycles. The number of amides is 1. The average molecular weight is 570 g/mol. The van der Waals surface area contributed by atoms with E-state index in [-0.39, 0.29) is 39.9 Å². The number of piperidine rings is 1. The van der Waals surface area contributed by atoms with Gasteiger partial charge >= 0.3 is 0 Å². The average Bonchev–Trinajstić information content (AvgIpc) is 3.32. The van der Waals surface area contributed by atoms with Gasteiger partial charge < -0.3 is 30.6 Å². The number of fused-ring (bicyclic) bond motifs is 3. The molecule has 4 aromatic rings. The van der Waals surface area contributed by atoms with E-state index in [1.54, 1.807) is 6.20 Å². The van der Waals surface area contributed by atoms with Crippen LogP contribution in [-0.4, -0.2) is 46.7 Å². The highest BCUT2D eigenvalue weighted by atomic mass is 19.1. The van der Waals surface area contributed by atoms with Gasteiger partial charge in [0, 0.05) is 42.4 Å². The number of anilines is 1. The van der Waals surface area contributed by atoms with E-state index >= 15 is 4.39 Å². The van der Waals surface area contributed by atoms with Gasteiger partial charge in [-0.3, -0.25) is 9.59 Å². The molecule has 0 saturated carbocycles. The Morgan fingerprint density at radius 1 is 1.10 bits per heavy atom. The Kier molecular flexibility index (Phi) is 5.94. The fourth-order valence-corrected chi connectivity index (χ4v) is 7.42. The Hall–Kier alpha value is -3.95. The first-order valence-electron chi connectivity index (χ1n) is 14.6. The molecule has 1 aromatic heterocycles. The van der Waals surface area contributed by atoms with E-state index < -0.39 is 17.2 Å². The molecule has 3 aliphatic heterocycles. The number of pyridine rings is 1. The van der Waals surface area contributed by atoms with Gasteiger partial charge in [0.25, 0.3) is 5.91 Å². The molecular weight excluding hydrogens is 533 g/mol. The van der Waals surface area contributed by atoms with Crippen LogP contribution < -0.4 is 31.4 Å². The zero-order valence-electron chi connectivity index (χ0n) is 24.4. The zero-order chi connectivity index (χ0) is 29.6. The fourth-order valence-electron chi connectivity index (χ4n) is 7.42. The van der Waals surface area contributed by atoms with Crippen LogP contribution in [0.2, 0.25) is 0 Å². The van der Waals surface area contributed by atoms with E-state index in [9.17, 15) is 9.59 Å². The Morgan fingerprint density at radius 2 is 1.79 bits per heavy atom. The number of ether oxygens (including phenoxy) is 1. The first-order chi connectivity index (χ1) is 19.9. The van der Waals surface area contributed by atoms with Gasteiger partial charge in [-0.2, -0.15) is 0 Å². The summed E-state index contributed by atoms with van der Waals surface area (Å²) in [5.74, 6) is -0.240. The van der Waals surface area contributed by atoms with Crippen molar-refractivity contribution in [3.63, 3.8) is 0 Å². The lowest BCUT2D eigenvalue weighted by molar-refractivity contribution is 0.0871. The minimum atomic E-state index is -0.570. The third kappa shape index (κ3) is 4.42. The van der Waals surface area contributed by atoms with Crippen molar-refractivity contribution in [2.45, 2.75) is 70.1 Å². The van der Waals surface area contributed by atoms with Gasteiger partial charge in [-0.25, -0.2) is 4.39 Å². The fraction of sp³-hybridized carbons (Fsp3) is 0.394. The zero-order valence-corrected chi connectivity index (χ0v) is 24.4. The van der Waals surface area contributed by atoms with Crippen molar-refractivity contribution in [2.24, 2.45) is 5.73 Å². The SMILES string of the molecule is CC1(C)CC(NC(=O)c2cn3c4c(c(N5CCC(N)C5)c(F)cc4c2=O)Oc2cc4ccccc4cc2-3)CC(C)(C)N1. The standard InChI is InChI=1S/C33H36FN5O3/c1-32(2)14-21(15-33(3,4)37-32)36-31(41)23-17-39-25-11-18-7-5-6-8-19(18)12-26(25)42-30-27(39)22(29(23)40)13-24(34)28(30)38-10-9-20(35)16-38/h5-8,11-13,17,20-21,37H,9-10,14-16,35H2,1-4H3,(H,36,41). The largest absolute Gasteiger partial charge is 0.451 e. The Bertz CT molecular complexity index is 1830. The number of nitrogens with zero attached hydrogens (tertiary/aromatic N) is 2. The predicted molar refractivity (Wildman–Crippen MR) is 164 cm³/mol. The van der Waals surface area contributed by atoms with E-state index in [2.05, 4.69) is 38.3 Å². The maximum Gasteiger partial charge on any atom is 0.257 e. The molecule has 7 rings (SSSR count). The van der Waals surface area contributed by atoms with Crippen molar-refractivity contribution in [2.75, 3.05) is 18.0 Å². The van der Waals surface area contributed by atoms with Crippen LogP contribution in [0, 0.1) is 5.82 Å². The monoisotopic (exact) mass is 569 g/mol. The highest BCUT2D eigenvalue weighted by Gasteiger charge is 2.39. The van der Waals surface area contributed by atoms with Crippen molar-refractivity contribution in [3.8, 4) is 17.2 Å². The van der Waals surface area contributed by atoms with Gasteiger partial charge in [-0.05, 0) is 75.9 Å². The van der Waals surface area contributed by atoms with Crippen molar-refractivity contribution in [1.29, 1.82) is 0 Å². The molecule has 2 saturated heterocycles. The van der Waals surface area contributed by atoms with Gasteiger partial charge in [0.05, 0.1) is 11.1 Å². The number of hydrogen-bond donors (Lipinski definition) is 3. The highest BCUT2D eigenvalue weighted by Crippen LogP contribution is 2.48. The molecule has 1 amide bonds. The van der Waals surface area contributed by atoms with Gasteiger partial charge in [0.1, 0.15) is 16.8 Å². The second-order valence-corrected chi connectivity index (χ2v) is 13.4. The Balaban J connectivity index is 1.42. The van der Waals surface area contributed by atoms with Crippen LogP contribution in [0.4, 0.5) is 10.1 Å². The summed E-state index contributed by atoms with van der Waals surface area (Å²) >= 11 is 0. The third-order valence-electron chi connectivity index (χ3n) is 8.78. The number of aromatic nitrogens is 1. The molecule has 0 bridgehead atoms. The Morgan fingerprint density at radius 3 is 2.45 bits per heavy atom. The molecular formula is C33H36FN5O3. The van der Waals surface area contributed by atoms with Gasteiger partial charge in [-0.1, -0.05) is 24.3 Å². The number of rotatable bonds is 3. The summed E-state index contributed by atoms with van der Waals surface area (Å²) in [5.41, 5.74) is 6.67. The molecule has 0 radical (unpaired) electrons. The van der Waals surface area contributed by atoms with Crippen LogP contribution in [0.15, 0.2) is 53.5 Å². The lowest BCUT2D eigenvalue weighted by atomic mass is 9.79. The second-order valence-electron chi connectivity index (χ2n) is 13.4. The summed E-state index contributed by atoms with van der Waals surface area (Å²) in [7, 11) is 0. The summed E-state index contributed by atoms with van der Waals surface area (Å²) in [6, 6.07) is 12.8. The smallest absolute Gasteiger partial charge is 0.257 e. The molecule has 218 valence electrons. The first-order valence-corrected chi connectivity index (χ1v) is 14.6. The molecule has 9 heteroatoms. The van der Waals surface area contributed by atoms with Gasteiger partial charge in [0.15, 0.2) is 17.3 Å².